The molecule has 0 amide bonds. The van der Waals surface area contributed by atoms with Gasteiger partial charge in [0.15, 0.2) is 0 Å². The molecule has 0 radical (unpaired) electrons. The molecule has 0 N–H and O–H groups in total. The number of nitrogens with zero attached hydrogens (tertiary/aromatic N) is 1. The van der Waals surface area contributed by atoms with Gasteiger partial charge in [-0.05, 0) is 45.2 Å². The van der Waals surface area contributed by atoms with Crippen molar-refractivity contribution in [2.24, 2.45) is 4.99 Å². The van der Waals surface area contributed by atoms with Gasteiger partial charge in [0.05, 0.1) is 5.54 Å². The normalized spacial score (nSPS) is 10.6. The Labute approximate surface area is 103 Å². The van der Waals surface area contributed by atoms with Crippen LogP contribution in [0.2, 0.25) is 0 Å². The van der Waals surface area contributed by atoms with Gasteiger partial charge in [-0.25, -0.2) is 4.79 Å². The zero-order valence-corrected chi connectivity index (χ0v) is 10.9. The van der Waals surface area contributed by atoms with E-state index in [-0.39, 0.29) is 0 Å². The van der Waals surface area contributed by atoms with E-state index in [1.165, 1.54) is 11.1 Å². The Morgan fingerprint density at radius 1 is 1.41 bits per heavy atom. The molecule has 2 heteroatoms. The maximum absolute atomic E-state index is 10.4. The molecular weight excluding hydrogens is 210 g/mol. The third-order valence-corrected chi connectivity index (χ3v) is 2.70. The van der Waals surface area contributed by atoms with Crippen LogP contribution in [0.25, 0.3) is 0 Å². The second-order valence-corrected chi connectivity index (χ2v) is 4.95. The van der Waals surface area contributed by atoms with Crippen molar-refractivity contribution in [3.63, 3.8) is 0 Å². The van der Waals surface area contributed by atoms with Gasteiger partial charge in [0.2, 0.25) is 6.08 Å². The van der Waals surface area contributed by atoms with Crippen LogP contribution in [-0.2, 0) is 16.8 Å². The molecular formula is C15H19NO. The van der Waals surface area contributed by atoms with Crippen molar-refractivity contribution in [1.29, 1.82) is 0 Å². The number of hydrogen-bond donors (Lipinski definition) is 0. The van der Waals surface area contributed by atoms with Crippen molar-refractivity contribution >= 4 is 6.08 Å². The minimum Gasteiger partial charge on any atom is -0.211 e. The van der Waals surface area contributed by atoms with Crippen LogP contribution in [-0.4, -0.2) is 6.08 Å². The lowest BCUT2D eigenvalue weighted by Crippen LogP contribution is -2.13. The summed E-state index contributed by atoms with van der Waals surface area (Å²) in [6.45, 7) is 8.00. The van der Waals surface area contributed by atoms with Gasteiger partial charge in [-0.1, -0.05) is 35.9 Å². The van der Waals surface area contributed by atoms with Gasteiger partial charge in [0.1, 0.15) is 0 Å². The molecule has 0 fully saturated rings. The first-order valence-corrected chi connectivity index (χ1v) is 5.77. The number of carbonyl (C=O) groups excluding carboxylic acids is 1. The monoisotopic (exact) mass is 229 g/mol. The quantitative estimate of drug-likeness (QED) is 0.439. The summed E-state index contributed by atoms with van der Waals surface area (Å²) in [6.07, 6.45) is 4.74. The van der Waals surface area contributed by atoms with Crippen LogP contribution in [0.1, 0.15) is 38.8 Å². The molecule has 0 heterocycles. The van der Waals surface area contributed by atoms with Gasteiger partial charge in [-0.3, -0.25) is 0 Å². The number of allylic oxidation sites excluding steroid dienone is 2. The van der Waals surface area contributed by atoms with E-state index in [0.29, 0.717) is 0 Å². The molecule has 0 spiro atoms. The molecule has 90 valence electrons. The topological polar surface area (TPSA) is 29.4 Å². The van der Waals surface area contributed by atoms with Crippen LogP contribution in [0.4, 0.5) is 0 Å². The molecule has 0 saturated heterocycles. The van der Waals surface area contributed by atoms with Crippen molar-refractivity contribution < 1.29 is 4.79 Å². The van der Waals surface area contributed by atoms with E-state index < -0.39 is 5.54 Å². The Kier molecular flexibility index (Phi) is 4.42. The Balaban J connectivity index is 3.01. The standard InChI is InChI=1S/C15H19NO/c1-12(2)8-9-13-6-5-7-14(10-13)15(3,4)16-11-17/h5-8,10H,9H2,1-4H3. The summed E-state index contributed by atoms with van der Waals surface area (Å²) in [5.41, 5.74) is 3.09. The predicted octanol–water partition coefficient (Wildman–Crippen LogP) is 3.77. The highest BCUT2D eigenvalue weighted by atomic mass is 16.1. The fourth-order valence-electron chi connectivity index (χ4n) is 1.58. The first-order chi connectivity index (χ1) is 7.95. The fraction of sp³-hybridized carbons (Fsp3) is 0.400. The molecule has 0 aliphatic heterocycles. The molecule has 17 heavy (non-hydrogen) atoms. The van der Waals surface area contributed by atoms with E-state index in [0.717, 1.165) is 12.0 Å². The lowest BCUT2D eigenvalue weighted by molar-refractivity contribution is 0.522. The third-order valence-electron chi connectivity index (χ3n) is 2.70. The Morgan fingerprint density at radius 3 is 2.71 bits per heavy atom. The highest BCUT2D eigenvalue weighted by Crippen LogP contribution is 2.25. The number of aliphatic imine (C=N–C) groups is 1. The van der Waals surface area contributed by atoms with Crippen LogP contribution in [0.15, 0.2) is 40.9 Å². The van der Waals surface area contributed by atoms with E-state index >= 15 is 0 Å². The number of isocyanates is 1. The first-order valence-electron chi connectivity index (χ1n) is 5.77. The van der Waals surface area contributed by atoms with Crippen LogP contribution >= 0.6 is 0 Å². The molecule has 0 bridgehead atoms. The van der Waals surface area contributed by atoms with Gasteiger partial charge in [0, 0.05) is 0 Å². The molecule has 0 atom stereocenters. The molecule has 0 aliphatic rings. The smallest absolute Gasteiger partial charge is 0.211 e. The average Bonchev–Trinajstić information content (AvgIpc) is 2.27. The summed E-state index contributed by atoms with van der Waals surface area (Å²) in [6, 6.07) is 8.18. The van der Waals surface area contributed by atoms with Crippen LogP contribution in [0, 0.1) is 0 Å². The van der Waals surface area contributed by atoms with E-state index in [2.05, 4.69) is 37.0 Å². The minimum atomic E-state index is -0.497. The maximum Gasteiger partial charge on any atom is 0.235 e. The SMILES string of the molecule is CC(C)=CCc1cccc(C(C)(C)N=C=O)c1. The van der Waals surface area contributed by atoms with E-state index in [4.69, 9.17) is 0 Å². The Bertz CT molecular complexity index is 462. The van der Waals surface area contributed by atoms with Crippen molar-refractivity contribution in [3.05, 3.63) is 47.0 Å². The molecule has 1 rings (SSSR count). The van der Waals surface area contributed by atoms with Gasteiger partial charge < -0.3 is 0 Å². The highest BCUT2D eigenvalue weighted by molar-refractivity contribution is 5.38. The molecule has 1 aromatic rings. The molecule has 1 aromatic carbocycles. The zero-order valence-electron chi connectivity index (χ0n) is 10.9. The summed E-state index contributed by atoms with van der Waals surface area (Å²) in [7, 11) is 0. The van der Waals surface area contributed by atoms with E-state index in [9.17, 15) is 4.79 Å². The van der Waals surface area contributed by atoms with Gasteiger partial charge in [0.25, 0.3) is 0 Å². The number of rotatable bonds is 4. The average molecular weight is 229 g/mol. The number of hydrogen-bond acceptors (Lipinski definition) is 2. The Morgan fingerprint density at radius 2 is 2.12 bits per heavy atom. The van der Waals surface area contributed by atoms with Crippen molar-refractivity contribution in [3.8, 4) is 0 Å². The molecule has 0 unspecified atom stereocenters. The predicted molar refractivity (Wildman–Crippen MR) is 70.7 cm³/mol. The van der Waals surface area contributed by atoms with Gasteiger partial charge >= 0.3 is 0 Å². The van der Waals surface area contributed by atoms with Crippen LogP contribution < -0.4 is 0 Å². The summed E-state index contributed by atoms with van der Waals surface area (Å²) < 4.78 is 0. The zero-order chi connectivity index (χ0) is 12.9. The maximum atomic E-state index is 10.4. The van der Waals surface area contributed by atoms with Crippen LogP contribution in [0.5, 0.6) is 0 Å². The fourth-order valence-corrected chi connectivity index (χ4v) is 1.58. The lowest BCUT2D eigenvalue weighted by Gasteiger charge is -2.18. The third kappa shape index (κ3) is 4.01. The summed E-state index contributed by atoms with van der Waals surface area (Å²) >= 11 is 0. The first kappa shape index (κ1) is 13.4. The summed E-state index contributed by atoms with van der Waals surface area (Å²) in [5, 5.41) is 0. The second kappa shape index (κ2) is 5.60. The van der Waals surface area contributed by atoms with E-state index in [1.54, 1.807) is 6.08 Å². The molecule has 2 nitrogen and oxygen atoms in total. The van der Waals surface area contributed by atoms with Crippen molar-refractivity contribution in [2.75, 3.05) is 0 Å². The lowest BCUT2D eigenvalue weighted by atomic mass is 9.93. The second-order valence-electron chi connectivity index (χ2n) is 4.95. The van der Waals surface area contributed by atoms with Crippen LogP contribution in [0.3, 0.4) is 0 Å². The van der Waals surface area contributed by atoms with Crippen molar-refractivity contribution in [1.82, 2.24) is 0 Å². The largest absolute Gasteiger partial charge is 0.235 e. The minimum absolute atomic E-state index is 0.497. The molecule has 0 saturated carbocycles. The van der Waals surface area contributed by atoms with Gasteiger partial charge in [-0.15, -0.1) is 0 Å². The molecule has 0 aliphatic carbocycles. The summed E-state index contributed by atoms with van der Waals surface area (Å²) in [4.78, 5) is 14.2. The Hall–Kier alpha value is -1.66. The van der Waals surface area contributed by atoms with Crippen molar-refractivity contribution in [2.45, 2.75) is 39.7 Å². The summed E-state index contributed by atoms with van der Waals surface area (Å²) in [5.74, 6) is 0. The highest BCUT2D eigenvalue weighted by Gasteiger charge is 2.19. The van der Waals surface area contributed by atoms with Gasteiger partial charge in [-0.2, -0.15) is 4.99 Å². The van der Waals surface area contributed by atoms with E-state index in [1.807, 2.05) is 26.0 Å². The molecule has 0 aromatic heterocycles. The number of benzene rings is 1.